The van der Waals surface area contributed by atoms with Crippen LogP contribution in [0.2, 0.25) is 0 Å². The summed E-state index contributed by atoms with van der Waals surface area (Å²) in [5.74, 6) is 0. The highest BCUT2D eigenvalue weighted by Gasteiger charge is 2.08. The zero-order chi connectivity index (χ0) is 15.7. The molecule has 0 fully saturated rings. The second kappa shape index (κ2) is 9.95. The molecular weight excluding hydrogens is 332 g/mol. The third-order valence-electron chi connectivity index (χ3n) is 3.44. The zero-order valence-electron chi connectivity index (χ0n) is 13.4. The third kappa shape index (κ3) is 5.79. The van der Waals surface area contributed by atoms with E-state index in [0.29, 0.717) is 11.0 Å². The summed E-state index contributed by atoms with van der Waals surface area (Å²) in [5.41, 5.74) is 0.717. The van der Waals surface area contributed by atoms with Crippen molar-refractivity contribution < 1.29 is 0 Å². The van der Waals surface area contributed by atoms with Crippen LogP contribution in [0.1, 0.15) is 40.0 Å². The first-order valence-corrected chi connectivity index (χ1v) is 8.65. The van der Waals surface area contributed by atoms with Gasteiger partial charge in [0, 0.05) is 19.6 Å². The van der Waals surface area contributed by atoms with Gasteiger partial charge in [-0.2, -0.15) is 5.10 Å². The van der Waals surface area contributed by atoms with E-state index in [9.17, 15) is 4.79 Å². The molecule has 0 amide bonds. The topological polar surface area (TPSA) is 50.2 Å². The van der Waals surface area contributed by atoms with Gasteiger partial charge in [-0.25, -0.2) is 4.68 Å². The molecule has 0 unspecified atom stereocenters. The summed E-state index contributed by atoms with van der Waals surface area (Å²) in [6.45, 7) is 11.1. The highest BCUT2D eigenvalue weighted by Crippen LogP contribution is 2.15. The van der Waals surface area contributed by atoms with Crippen molar-refractivity contribution in [2.24, 2.45) is 0 Å². The van der Waals surface area contributed by atoms with Crippen LogP contribution in [0.15, 0.2) is 15.5 Å². The number of hydrogen-bond donors (Lipinski definition) is 1. The largest absolute Gasteiger partial charge is 0.381 e. The van der Waals surface area contributed by atoms with E-state index in [1.54, 1.807) is 6.20 Å². The number of anilines is 1. The predicted molar refractivity (Wildman–Crippen MR) is 92.0 cm³/mol. The summed E-state index contributed by atoms with van der Waals surface area (Å²) in [5, 5.41) is 7.52. The molecule has 21 heavy (non-hydrogen) atoms. The van der Waals surface area contributed by atoms with Crippen molar-refractivity contribution in [3.8, 4) is 0 Å². The molecule has 0 aromatic carbocycles. The lowest BCUT2D eigenvalue weighted by Gasteiger charge is -2.20. The summed E-state index contributed by atoms with van der Waals surface area (Å²) < 4.78 is 2.10. The van der Waals surface area contributed by atoms with Crippen LogP contribution in [0, 0.1) is 0 Å². The van der Waals surface area contributed by atoms with Gasteiger partial charge in [0.25, 0.3) is 5.56 Å². The van der Waals surface area contributed by atoms with E-state index in [0.717, 1.165) is 51.1 Å². The van der Waals surface area contributed by atoms with Gasteiger partial charge in [-0.1, -0.05) is 27.2 Å². The standard InChI is InChI=1S/C15H27BrN4O/c1-4-7-10-20-15(21)14(16)13(12-18-20)17-8-11-19(6-3)9-5-2/h12,17H,4-11H2,1-3H3. The monoisotopic (exact) mass is 358 g/mol. The Morgan fingerprint density at radius 1 is 1.29 bits per heavy atom. The molecule has 0 aliphatic heterocycles. The smallest absolute Gasteiger partial charge is 0.283 e. The fourth-order valence-corrected chi connectivity index (χ4v) is 2.60. The number of rotatable bonds is 10. The molecule has 0 aliphatic rings. The number of likely N-dealkylation sites (N-methyl/N-ethyl adjacent to an activating group) is 1. The van der Waals surface area contributed by atoms with Gasteiger partial charge in [0.15, 0.2) is 0 Å². The summed E-state index contributed by atoms with van der Waals surface area (Å²) >= 11 is 3.39. The minimum atomic E-state index is -0.0608. The van der Waals surface area contributed by atoms with Crippen molar-refractivity contribution in [3.63, 3.8) is 0 Å². The van der Waals surface area contributed by atoms with Crippen LogP contribution in [0.5, 0.6) is 0 Å². The molecule has 0 saturated heterocycles. The SMILES string of the molecule is CCCCn1ncc(NCCN(CC)CCC)c(Br)c1=O. The minimum absolute atomic E-state index is 0.0608. The van der Waals surface area contributed by atoms with Crippen molar-refractivity contribution in [1.82, 2.24) is 14.7 Å². The first-order valence-electron chi connectivity index (χ1n) is 7.85. The maximum absolute atomic E-state index is 12.2. The van der Waals surface area contributed by atoms with Crippen molar-refractivity contribution in [2.45, 2.75) is 46.6 Å². The summed E-state index contributed by atoms with van der Waals surface area (Å²) in [6.07, 6.45) is 4.91. The van der Waals surface area contributed by atoms with Gasteiger partial charge < -0.3 is 10.2 Å². The number of aromatic nitrogens is 2. The van der Waals surface area contributed by atoms with E-state index < -0.39 is 0 Å². The van der Waals surface area contributed by atoms with Gasteiger partial charge in [-0.3, -0.25) is 4.79 Å². The van der Waals surface area contributed by atoms with E-state index in [1.165, 1.54) is 4.68 Å². The van der Waals surface area contributed by atoms with Gasteiger partial charge in [0.1, 0.15) is 4.47 Å². The van der Waals surface area contributed by atoms with Crippen LogP contribution in [0.4, 0.5) is 5.69 Å². The number of nitrogens with one attached hydrogen (secondary N) is 1. The Bertz CT molecular complexity index is 475. The molecule has 1 aromatic heterocycles. The van der Waals surface area contributed by atoms with Crippen LogP contribution in [0.25, 0.3) is 0 Å². The Morgan fingerprint density at radius 3 is 2.67 bits per heavy atom. The average Bonchev–Trinajstić information content (AvgIpc) is 2.49. The summed E-state index contributed by atoms with van der Waals surface area (Å²) in [6, 6.07) is 0. The number of halogens is 1. The lowest BCUT2D eigenvalue weighted by atomic mass is 10.3. The molecule has 0 spiro atoms. The molecule has 0 bridgehead atoms. The van der Waals surface area contributed by atoms with E-state index in [2.05, 4.69) is 52.0 Å². The molecule has 120 valence electrons. The molecule has 1 rings (SSSR count). The predicted octanol–water partition coefficient (Wildman–Crippen LogP) is 2.95. The first-order chi connectivity index (χ1) is 10.1. The molecule has 6 heteroatoms. The number of hydrogen-bond acceptors (Lipinski definition) is 4. The highest BCUT2D eigenvalue weighted by atomic mass is 79.9. The Morgan fingerprint density at radius 2 is 2.05 bits per heavy atom. The fraction of sp³-hybridized carbons (Fsp3) is 0.733. The molecule has 0 aliphatic carbocycles. The first kappa shape index (κ1) is 18.2. The molecule has 1 N–H and O–H groups in total. The maximum Gasteiger partial charge on any atom is 0.283 e. The highest BCUT2D eigenvalue weighted by molar-refractivity contribution is 9.10. The quantitative estimate of drug-likeness (QED) is 0.698. The van der Waals surface area contributed by atoms with E-state index >= 15 is 0 Å². The van der Waals surface area contributed by atoms with E-state index in [1.807, 2.05) is 0 Å². The minimum Gasteiger partial charge on any atom is -0.381 e. The molecule has 0 radical (unpaired) electrons. The van der Waals surface area contributed by atoms with Crippen LogP contribution in [0.3, 0.4) is 0 Å². The summed E-state index contributed by atoms with van der Waals surface area (Å²) in [4.78, 5) is 14.5. The van der Waals surface area contributed by atoms with Crippen molar-refractivity contribution in [1.29, 1.82) is 0 Å². The lowest BCUT2D eigenvalue weighted by Crippen LogP contribution is -2.30. The zero-order valence-corrected chi connectivity index (χ0v) is 14.9. The Balaban J connectivity index is 2.60. The number of nitrogens with zero attached hydrogens (tertiary/aromatic N) is 3. The second-order valence-corrected chi connectivity index (χ2v) is 5.91. The van der Waals surface area contributed by atoms with Gasteiger partial charge in [-0.15, -0.1) is 0 Å². The molecule has 1 heterocycles. The molecule has 5 nitrogen and oxygen atoms in total. The molecule has 0 atom stereocenters. The lowest BCUT2D eigenvalue weighted by molar-refractivity contribution is 0.300. The normalized spacial score (nSPS) is 11.1. The summed E-state index contributed by atoms with van der Waals surface area (Å²) in [7, 11) is 0. The molecular formula is C15H27BrN4O. The molecule has 0 saturated carbocycles. The second-order valence-electron chi connectivity index (χ2n) is 5.12. The third-order valence-corrected chi connectivity index (χ3v) is 4.21. The van der Waals surface area contributed by atoms with Crippen LogP contribution in [-0.2, 0) is 6.54 Å². The number of aryl methyl sites for hydroxylation is 1. The van der Waals surface area contributed by atoms with Crippen LogP contribution < -0.4 is 10.9 Å². The van der Waals surface area contributed by atoms with Crippen LogP contribution >= 0.6 is 15.9 Å². The van der Waals surface area contributed by atoms with Gasteiger partial charge in [0.05, 0.1) is 11.9 Å². The molecule has 1 aromatic rings. The average molecular weight is 359 g/mol. The fourth-order valence-electron chi connectivity index (χ4n) is 2.15. The van der Waals surface area contributed by atoms with Gasteiger partial charge in [-0.05, 0) is 41.9 Å². The number of unbranched alkanes of at least 4 members (excludes halogenated alkanes) is 1. The maximum atomic E-state index is 12.2. The van der Waals surface area contributed by atoms with E-state index in [4.69, 9.17) is 0 Å². The van der Waals surface area contributed by atoms with Crippen molar-refractivity contribution in [2.75, 3.05) is 31.5 Å². The van der Waals surface area contributed by atoms with Crippen molar-refractivity contribution >= 4 is 21.6 Å². The van der Waals surface area contributed by atoms with E-state index in [-0.39, 0.29) is 5.56 Å². The van der Waals surface area contributed by atoms with Crippen molar-refractivity contribution in [3.05, 3.63) is 21.0 Å². The Labute approximate surface area is 135 Å². The van der Waals surface area contributed by atoms with Gasteiger partial charge in [0.2, 0.25) is 0 Å². The Hall–Kier alpha value is -0.880. The van der Waals surface area contributed by atoms with Gasteiger partial charge >= 0.3 is 0 Å². The van der Waals surface area contributed by atoms with Crippen LogP contribution in [-0.4, -0.2) is 40.9 Å². The Kier molecular flexibility index (Phi) is 8.61.